The molecule has 0 aliphatic heterocycles. The molecule has 0 saturated heterocycles. The van der Waals surface area contributed by atoms with Gasteiger partial charge in [0.1, 0.15) is 0 Å². The third-order valence-electron chi connectivity index (χ3n) is 0.956. The van der Waals surface area contributed by atoms with E-state index in [1.165, 1.54) is 0 Å². The van der Waals surface area contributed by atoms with Gasteiger partial charge in [-0.25, -0.2) is 0 Å². The minimum Gasteiger partial charge on any atom is -0.396 e. The highest BCUT2D eigenvalue weighted by Crippen LogP contribution is 1.83. The van der Waals surface area contributed by atoms with Crippen molar-refractivity contribution in [3.05, 3.63) is 0 Å². The summed E-state index contributed by atoms with van der Waals surface area (Å²) in [6.45, 7) is 7.98. The molecule has 0 bridgehead atoms. The Balaban J connectivity index is 0. The van der Waals surface area contributed by atoms with Crippen molar-refractivity contribution >= 4 is 0 Å². The SMILES string of the molecule is CC(C)CO.CCC(C)O. The van der Waals surface area contributed by atoms with E-state index in [1.54, 1.807) is 6.92 Å². The second kappa shape index (κ2) is 8.92. The molecule has 1 unspecified atom stereocenters. The van der Waals surface area contributed by atoms with Crippen molar-refractivity contribution in [2.24, 2.45) is 5.92 Å². The number of hydrogen-bond donors (Lipinski definition) is 2. The smallest absolute Gasteiger partial charge is 0.0509 e. The summed E-state index contributed by atoms with van der Waals surface area (Å²) in [7, 11) is 0. The van der Waals surface area contributed by atoms with Crippen LogP contribution >= 0.6 is 0 Å². The fourth-order valence-corrected chi connectivity index (χ4v) is 0. The summed E-state index contributed by atoms with van der Waals surface area (Å²) in [5.41, 5.74) is 0. The van der Waals surface area contributed by atoms with Crippen LogP contribution in [0.2, 0.25) is 0 Å². The van der Waals surface area contributed by atoms with E-state index in [0.717, 1.165) is 6.42 Å². The summed E-state index contributed by atoms with van der Waals surface area (Å²) in [5.74, 6) is 0.440. The normalized spacial score (nSPS) is 12.3. The van der Waals surface area contributed by atoms with E-state index in [2.05, 4.69) is 0 Å². The van der Waals surface area contributed by atoms with Crippen LogP contribution in [0, 0.1) is 5.92 Å². The van der Waals surface area contributed by atoms with E-state index in [0.29, 0.717) is 12.5 Å². The quantitative estimate of drug-likeness (QED) is 0.621. The molecule has 0 aromatic heterocycles. The molecule has 0 heterocycles. The van der Waals surface area contributed by atoms with Gasteiger partial charge in [-0.05, 0) is 19.3 Å². The average Bonchev–Trinajstić information content (AvgIpc) is 1.89. The van der Waals surface area contributed by atoms with Crippen LogP contribution in [0.1, 0.15) is 34.1 Å². The second-order valence-corrected chi connectivity index (χ2v) is 2.83. The van der Waals surface area contributed by atoms with Gasteiger partial charge in [0, 0.05) is 6.61 Å². The molecule has 0 amide bonds. The Morgan fingerprint density at radius 3 is 1.40 bits per heavy atom. The maximum Gasteiger partial charge on any atom is 0.0509 e. The highest BCUT2D eigenvalue weighted by molar-refractivity contribution is 4.34. The summed E-state index contributed by atoms with van der Waals surface area (Å²) < 4.78 is 0. The Morgan fingerprint density at radius 1 is 1.20 bits per heavy atom. The topological polar surface area (TPSA) is 40.5 Å². The van der Waals surface area contributed by atoms with Crippen molar-refractivity contribution in [3.8, 4) is 0 Å². The van der Waals surface area contributed by atoms with Gasteiger partial charge in [-0.1, -0.05) is 20.8 Å². The van der Waals surface area contributed by atoms with Crippen molar-refractivity contribution in [2.45, 2.75) is 40.2 Å². The average molecular weight is 148 g/mol. The van der Waals surface area contributed by atoms with Crippen LogP contribution < -0.4 is 0 Å². The van der Waals surface area contributed by atoms with Gasteiger partial charge in [0.15, 0.2) is 0 Å². The number of aliphatic hydroxyl groups excluding tert-OH is 2. The molecule has 0 aromatic carbocycles. The fourth-order valence-electron chi connectivity index (χ4n) is 0. The Bertz CT molecular complexity index is 43.2. The number of rotatable bonds is 2. The summed E-state index contributed by atoms with van der Waals surface area (Å²) >= 11 is 0. The Labute approximate surface area is 63.9 Å². The van der Waals surface area contributed by atoms with Crippen molar-refractivity contribution in [3.63, 3.8) is 0 Å². The Kier molecular flexibility index (Phi) is 11.2. The lowest BCUT2D eigenvalue weighted by Crippen LogP contribution is -1.93. The van der Waals surface area contributed by atoms with Crippen LogP contribution in [-0.2, 0) is 0 Å². The Morgan fingerprint density at radius 2 is 1.40 bits per heavy atom. The largest absolute Gasteiger partial charge is 0.396 e. The molecule has 0 fully saturated rings. The van der Waals surface area contributed by atoms with Crippen LogP contribution in [0.4, 0.5) is 0 Å². The fraction of sp³-hybridized carbons (Fsp3) is 1.00. The lowest BCUT2D eigenvalue weighted by molar-refractivity contribution is 0.191. The molecule has 2 N–H and O–H groups in total. The maximum absolute atomic E-state index is 8.36. The molecule has 0 aliphatic carbocycles. The molecular weight excluding hydrogens is 128 g/mol. The summed E-state index contributed by atoms with van der Waals surface area (Å²) in [6, 6.07) is 0. The van der Waals surface area contributed by atoms with Gasteiger partial charge in [-0.3, -0.25) is 0 Å². The van der Waals surface area contributed by atoms with Crippen LogP contribution in [0.25, 0.3) is 0 Å². The van der Waals surface area contributed by atoms with Gasteiger partial charge in [-0.2, -0.15) is 0 Å². The van der Waals surface area contributed by atoms with Gasteiger partial charge >= 0.3 is 0 Å². The van der Waals surface area contributed by atoms with Gasteiger partial charge in [0.25, 0.3) is 0 Å². The highest BCUT2D eigenvalue weighted by atomic mass is 16.3. The van der Waals surface area contributed by atoms with Crippen molar-refractivity contribution in [1.82, 2.24) is 0 Å². The van der Waals surface area contributed by atoms with E-state index in [1.807, 2.05) is 20.8 Å². The van der Waals surface area contributed by atoms with Crippen molar-refractivity contribution in [2.75, 3.05) is 6.61 Å². The zero-order valence-electron chi connectivity index (χ0n) is 7.46. The third-order valence-corrected chi connectivity index (χ3v) is 0.956. The molecule has 2 nitrogen and oxygen atoms in total. The minimum absolute atomic E-state index is 0.116. The summed E-state index contributed by atoms with van der Waals surface area (Å²) in [5, 5.41) is 16.5. The first-order chi connectivity index (χ1) is 4.54. The van der Waals surface area contributed by atoms with Crippen LogP contribution in [0.3, 0.4) is 0 Å². The molecule has 64 valence electrons. The minimum atomic E-state index is -0.116. The summed E-state index contributed by atoms with van der Waals surface area (Å²) in [6.07, 6.45) is 0.745. The van der Waals surface area contributed by atoms with E-state index >= 15 is 0 Å². The van der Waals surface area contributed by atoms with Crippen LogP contribution in [-0.4, -0.2) is 22.9 Å². The monoisotopic (exact) mass is 148 g/mol. The summed E-state index contributed by atoms with van der Waals surface area (Å²) in [4.78, 5) is 0. The lowest BCUT2D eigenvalue weighted by Gasteiger charge is -1.90. The third kappa shape index (κ3) is 24.7. The molecule has 0 aromatic rings. The zero-order valence-corrected chi connectivity index (χ0v) is 7.46. The van der Waals surface area contributed by atoms with Crippen LogP contribution in [0.5, 0.6) is 0 Å². The molecule has 0 saturated carbocycles. The molecule has 0 aliphatic rings. The van der Waals surface area contributed by atoms with E-state index in [9.17, 15) is 0 Å². The second-order valence-electron chi connectivity index (χ2n) is 2.83. The first-order valence-electron chi connectivity index (χ1n) is 3.83. The van der Waals surface area contributed by atoms with Gasteiger partial charge < -0.3 is 10.2 Å². The van der Waals surface area contributed by atoms with E-state index in [4.69, 9.17) is 10.2 Å². The van der Waals surface area contributed by atoms with Gasteiger partial charge in [0.2, 0.25) is 0 Å². The van der Waals surface area contributed by atoms with Gasteiger partial charge in [-0.15, -0.1) is 0 Å². The molecule has 0 spiro atoms. The highest BCUT2D eigenvalue weighted by Gasteiger charge is 1.82. The first kappa shape index (κ1) is 12.6. The van der Waals surface area contributed by atoms with Gasteiger partial charge in [0.05, 0.1) is 6.10 Å². The predicted octanol–water partition coefficient (Wildman–Crippen LogP) is 1.41. The molecule has 0 radical (unpaired) electrons. The lowest BCUT2D eigenvalue weighted by atomic mass is 10.2. The number of hydrogen-bond acceptors (Lipinski definition) is 2. The van der Waals surface area contributed by atoms with Crippen molar-refractivity contribution in [1.29, 1.82) is 0 Å². The standard InChI is InChI=1S/2C4H10O/c1-4(2)3-5;1-3-4(2)5/h2*4-5H,3H2,1-2H3. The first-order valence-corrected chi connectivity index (χ1v) is 3.83. The molecule has 1 atom stereocenters. The number of aliphatic hydroxyl groups is 2. The van der Waals surface area contributed by atoms with Crippen molar-refractivity contribution < 1.29 is 10.2 Å². The van der Waals surface area contributed by atoms with E-state index in [-0.39, 0.29) is 6.10 Å². The molecule has 2 heteroatoms. The van der Waals surface area contributed by atoms with Crippen LogP contribution in [0.15, 0.2) is 0 Å². The Hall–Kier alpha value is -0.0800. The maximum atomic E-state index is 8.36. The molecule has 0 rings (SSSR count). The predicted molar refractivity (Wildman–Crippen MR) is 43.9 cm³/mol. The molecule has 10 heavy (non-hydrogen) atoms. The molecular formula is C8H20O2. The van der Waals surface area contributed by atoms with E-state index < -0.39 is 0 Å². The zero-order chi connectivity index (χ0) is 8.57.